The van der Waals surface area contributed by atoms with Gasteiger partial charge >= 0.3 is 0 Å². The Labute approximate surface area is 236 Å². The standard InChI is InChI=1S/C30H24O12/c31-12-4-17(33)13-7-23-28(39-21(13)5-12)29-10-30(38,42-23)24(37)8-15(29)25-22(41-29)9-18(34)14-6-20(36)26(40-27(14)25)11-1-2-16(32)19(35)3-11/h1-5,8-9,20,23,26,28,31-36,38H,6-7,10H2/t20-,23-,26+,28-,29-,30+/m0/s1. The van der Waals surface area contributed by atoms with Crippen LogP contribution in [0.5, 0.6) is 46.0 Å². The molecule has 2 bridgehead atoms. The summed E-state index contributed by atoms with van der Waals surface area (Å²) in [5.74, 6) is -3.95. The number of ether oxygens (including phenoxy) is 4. The van der Waals surface area contributed by atoms with Crippen molar-refractivity contribution in [3.63, 3.8) is 0 Å². The summed E-state index contributed by atoms with van der Waals surface area (Å²) in [7, 11) is 0. The van der Waals surface area contributed by atoms with E-state index in [4.69, 9.17) is 18.9 Å². The van der Waals surface area contributed by atoms with Crippen LogP contribution in [0.1, 0.15) is 34.8 Å². The van der Waals surface area contributed by atoms with Gasteiger partial charge in [0.05, 0.1) is 18.1 Å². The summed E-state index contributed by atoms with van der Waals surface area (Å²) in [5.41, 5.74) is 0.0962. The molecule has 8 rings (SSSR count). The Morgan fingerprint density at radius 2 is 1.62 bits per heavy atom. The van der Waals surface area contributed by atoms with Gasteiger partial charge in [-0.25, -0.2) is 0 Å². The van der Waals surface area contributed by atoms with Crippen LogP contribution in [0.4, 0.5) is 0 Å². The third kappa shape index (κ3) is 3.19. The molecule has 0 unspecified atom stereocenters. The van der Waals surface area contributed by atoms with E-state index in [1.54, 1.807) is 0 Å². The summed E-state index contributed by atoms with van der Waals surface area (Å²) in [5, 5.41) is 73.6. The predicted octanol–water partition coefficient (Wildman–Crippen LogP) is 1.83. The molecule has 3 aromatic rings. The Hall–Kier alpha value is -4.65. The second-order valence-electron chi connectivity index (χ2n) is 11.4. The number of phenols is 5. The van der Waals surface area contributed by atoms with Gasteiger partial charge in [0.25, 0.3) is 0 Å². The Kier molecular flexibility index (Phi) is 4.78. The van der Waals surface area contributed by atoms with Crippen LogP contribution in [0.3, 0.4) is 0 Å². The van der Waals surface area contributed by atoms with Crippen molar-refractivity contribution >= 4 is 11.4 Å². The van der Waals surface area contributed by atoms with Crippen molar-refractivity contribution in [3.8, 4) is 46.0 Å². The van der Waals surface area contributed by atoms with Crippen molar-refractivity contribution in [3.05, 3.63) is 64.7 Å². The number of aromatic hydroxyl groups is 5. The molecule has 216 valence electrons. The molecule has 1 fully saturated rings. The fraction of sp³-hybridized carbons (Fsp3) is 0.300. The molecule has 42 heavy (non-hydrogen) atoms. The van der Waals surface area contributed by atoms with Gasteiger partial charge in [0.15, 0.2) is 23.2 Å². The molecule has 4 aliphatic heterocycles. The largest absolute Gasteiger partial charge is 0.508 e. The van der Waals surface area contributed by atoms with E-state index in [1.165, 1.54) is 36.4 Å². The van der Waals surface area contributed by atoms with Gasteiger partial charge in [-0.15, -0.1) is 0 Å². The maximum absolute atomic E-state index is 13.3. The van der Waals surface area contributed by atoms with Gasteiger partial charge in [-0.2, -0.15) is 0 Å². The second-order valence-corrected chi connectivity index (χ2v) is 11.4. The molecule has 0 saturated carbocycles. The van der Waals surface area contributed by atoms with E-state index < -0.39 is 47.3 Å². The number of carbonyl (C=O) groups excluding carboxylic acids is 1. The topological polar surface area (TPSA) is 196 Å². The van der Waals surface area contributed by atoms with Crippen molar-refractivity contribution in [2.45, 2.75) is 55.1 Å². The molecule has 1 aliphatic carbocycles. The maximum Gasteiger partial charge on any atom is 0.235 e. The third-order valence-electron chi connectivity index (χ3n) is 8.81. The molecule has 7 N–H and O–H groups in total. The molecule has 1 saturated heterocycles. The van der Waals surface area contributed by atoms with Crippen molar-refractivity contribution in [1.29, 1.82) is 0 Å². The van der Waals surface area contributed by atoms with Gasteiger partial charge in [0.2, 0.25) is 11.6 Å². The van der Waals surface area contributed by atoms with Gasteiger partial charge in [0.1, 0.15) is 46.7 Å². The Morgan fingerprint density at radius 3 is 2.40 bits per heavy atom. The normalized spacial score (nSPS) is 31.7. The minimum atomic E-state index is -2.26. The molecule has 3 aromatic carbocycles. The van der Waals surface area contributed by atoms with Crippen LogP contribution in [0, 0.1) is 0 Å². The number of aliphatic hydroxyl groups is 2. The van der Waals surface area contributed by atoms with E-state index >= 15 is 0 Å². The summed E-state index contributed by atoms with van der Waals surface area (Å²) in [6.45, 7) is 0. The smallest absolute Gasteiger partial charge is 0.235 e. The highest BCUT2D eigenvalue weighted by molar-refractivity contribution is 6.08. The Morgan fingerprint density at radius 1 is 0.833 bits per heavy atom. The molecular weight excluding hydrogens is 552 g/mol. The fourth-order valence-corrected chi connectivity index (χ4v) is 6.94. The van der Waals surface area contributed by atoms with Crippen LogP contribution >= 0.6 is 0 Å². The molecule has 0 aromatic heterocycles. The highest BCUT2D eigenvalue weighted by Gasteiger charge is 2.69. The fourth-order valence-electron chi connectivity index (χ4n) is 6.94. The molecule has 0 radical (unpaired) electrons. The zero-order valence-electron chi connectivity index (χ0n) is 21.6. The molecule has 1 spiro atoms. The number of fused-ring (bicyclic) bond motifs is 7. The van der Waals surface area contributed by atoms with Crippen LogP contribution in [-0.2, 0) is 22.4 Å². The third-order valence-corrected chi connectivity index (χ3v) is 8.81. The minimum Gasteiger partial charge on any atom is -0.508 e. The first kappa shape index (κ1) is 25.1. The van der Waals surface area contributed by atoms with Crippen molar-refractivity contribution in [2.75, 3.05) is 0 Å². The summed E-state index contributed by atoms with van der Waals surface area (Å²) in [4.78, 5) is 13.3. The number of hydrogen-bond acceptors (Lipinski definition) is 12. The van der Waals surface area contributed by atoms with Crippen LogP contribution in [-0.4, -0.2) is 71.2 Å². The van der Waals surface area contributed by atoms with Gasteiger partial charge in [0, 0.05) is 47.7 Å². The lowest BCUT2D eigenvalue weighted by atomic mass is 9.69. The van der Waals surface area contributed by atoms with E-state index in [2.05, 4.69) is 0 Å². The van der Waals surface area contributed by atoms with Crippen molar-refractivity contribution in [1.82, 2.24) is 0 Å². The quantitative estimate of drug-likeness (QED) is 0.208. The predicted molar refractivity (Wildman–Crippen MR) is 140 cm³/mol. The molecule has 12 heteroatoms. The summed E-state index contributed by atoms with van der Waals surface area (Å²) in [6, 6.07) is 7.87. The van der Waals surface area contributed by atoms with E-state index in [0.29, 0.717) is 22.3 Å². The number of carbonyl (C=O) groups is 1. The second kappa shape index (κ2) is 8.00. The number of hydrogen-bond donors (Lipinski definition) is 7. The first-order valence-electron chi connectivity index (χ1n) is 13.3. The summed E-state index contributed by atoms with van der Waals surface area (Å²) >= 11 is 0. The van der Waals surface area contributed by atoms with Crippen LogP contribution < -0.4 is 14.2 Å². The van der Waals surface area contributed by atoms with E-state index in [9.17, 15) is 40.5 Å². The summed E-state index contributed by atoms with van der Waals surface area (Å²) in [6.07, 6.45) is -3.23. The lowest BCUT2D eigenvalue weighted by Crippen LogP contribution is -2.70. The highest BCUT2D eigenvalue weighted by Crippen LogP contribution is 2.62. The maximum atomic E-state index is 13.3. The van der Waals surface area contributed by atoms with E-state index in [1.807, 2.05) is 0 Å². The molecule has 6 atom stereocenters. The Balaban J connectivity index is 1.28. The number of rotatable bonds is 1. The molecule has 0 amide bonds. The first-order chi connectivity index (χ1) is 20.0. The lowest BCUT2D eigenvalue weighted by Gasteiger charge is -2.53. The molecule has 5 aliphatic rings. The average molecular weight is 577 g/mol. The van der Waals surface area contributed by atoms with Crippen LogP contribution in [0.15, 0.2) is 42.5 Å². The Bertz CT molecular complexity index is 1760. The number of benzene rings is 3. The summed E-state index contributed by atoms with van der Waals surface area (Å²) < 4.78 is 24.9. The molecular formula is C30H24O12. The van der Waals surface area contributed by atoms with Crippen molar-refractivity contribution in [2.24, 2.45) is 0 Å². The van der Waals surface area contributed by atoms with E-state index in [0.717, 1.165) is 6.07 Å². The zero-order valence-corrected chi connectivity index (χ0v) is 21.6. The van der Waals surface area contributed by atoms with Gasteiger partial charge in [-0.3, -0.25) is 4.79 Å². The minimum absolute atomic E-state index is 0.0366. The van der Waals surface area contributed by atoms with Gasteiger partial charge in [-0.05, 0) is 23.8 Å². The number of phenolic OH excluding ortho intramolecular Hbond substituents is 5. The first-order valence-corrected chi connectivity index (χ1v) is 13.3. The monoisotopic (exact) mass is 576 g/mol. The van der Waals surface area contributed by atoms with Crippen LogP contribution in [0.25, 0.3) is 5.57 Å². The zero-order chi connectivity index (χ0) is 29.3. The molecule has 4 heterocycles. The van der Waals surface area contributed by atoms with E-state index in [-0.39, 0.29) is 65.1 Å². The van der Waals surface area contributed by atoms with Gasteiger partial charge in [-0.1, -0.05) is 6.07 Å². The number of aliphatic hydroxyl groups excluding tert-OH is 1. The van der Waals surface area contributed by atoms with Crippen molar-refractivity contribution < 1.29 is 59.5 Å². The lowest BCUT2D eigenvalue weighted by molar-refractivity contribution is -0.290. The van der Waals surface area contributed by atoms with Gasteiger partial charge < -0.3 is 54.7 Å². The number of ketones is 1. The average Bonchev–Trinajstić information content (AvgIpc) is 3.22. The SMILES string of the molecule is O=C1C=C2c3c(cc(O)c4c3O[C@H](c3ccc(O)c(O)c3)[C@@H](O)C4)O[C@@]23C[C@@]1(O)O[C@H]1Cc2c(O)cc(O)cc2O[C@@H]13. The van der Waals surface area contributed by atoms with Crippen LogP contribution in [0.2, 0.25) is 0 Å². The molecule has 12 nitrogen and oxygen atoms in total. The highest BCUT2D eigenvalue weighted by atomic mass is 16.7.